The molecule has 0 aliphatic carbocycles. The zero-order valence-corrected chi connectivity index (χ0v) is 17.8. The molecule has 0 heterocycles. The van der Waals surface area contributed by atoms with Crippen LogP contribution >= 0.6 is 0 Å². The topological polar surface area (TPSA) is 67.8 Å². The smallest absolute Gasteiger partial charge is 0.271 e. The molecule has 0 fully saturated rings. The van der Waals surface area contributed by atoms with Crippen molar-refractivity contribution >= 4 is 17.9 Å². The molecule has 4 aromatic carbocycles. The number of hydrazone groups is 1. The van der Waals surface area contributed by atoms with Crippen molar-refractivity contribution in [2.75, 3.05) is 6.61 Å². The Labute approximate surface area is 192 Å². The summed E-state index contributed by atoms with van der Waals surface area (Å²) >= 11 is 0. The lowest BCUT2D eigenvalue weighted by Crippen LogP contribution is -2.17. The second-order valence-electron chi connectivity index (χ2n) is 7.29. The minimum Gasteiger partial charge on any atom is -0.485 e. The Hall–Kier alpha value is -4.51. The average molecular weight is 434 g/mol. The molecule has 0 aliphatic rings. The first kappa shape index (κ1) is 21.7. The minimum atomic E-state index is -0.276. The van der Waals surface area contributed by atoms with Crippen LogP contribution in [0.25, 0.3) is 11.1 Å². The third-order valence-corrected chi connectivity index (χ3v) is 4.98. The molecular formula is C28H22N2O3. The van der Waals surface area contributed by atoms with Crippen molar-refractivity contribution in [3.05, 3.63) is 126 Å². The van der Waals surface area contributed by atoms with Gasteiger partial charge < -0.3 is 4.74 Å². The quantitative estimate of drug-likeness (QED) is 0.230. The fourth-order valence-electron chi connectivity index (χ4n) is 3.18. The largest absolute Gasteiger partial charge is 0.485 e. The highest BCUT2D eigenvalue weighted by Gasteiger charge is 2.08. The van der Waals surface area contributed by atoms with Crippen LogP contribution in [-0.4, -0.2) is 24.5 Å². The third kappa shape index (κ3) is 6.02. The molecule has 1 amide bonds. The maximum absolute atomic E-state index is 12.5. The van der Waals surface area contributed by atoms with E-state index < -0.39 is 0 Å². The monoisotopic (exact) mass is 434 g/mol. The molecule has 0 radical (unpaired) electrons. The maximum atomic E-state index is 12.5. The molecule has 0 saturated carbocycles. The third-order valence-electron chi connectivity index (χ3n) is 4.98. The van der Waals surface area contributed by atoms with E-state index in [1.54, 1.807) is 54.7 Å². The number of benzene rings is 4. The van der Waals surface area contributed by atoms with Crippen molar-refractivity contribution in [3.8, 4) is 16.9 Å². The van der Waals surface area contributed by atoms with Gasteiger partial charge in [0, 0.05) is 11.1 Å². The molecule has 4 aromatic rings. The molecule has 0 saturated heterocycles. The molecule has 0 bridgehead atoms. The maximum Gasteiger partial charge on any atom is 0.271 e. The van der Waals surface area contributed by atoms with Gasteiger partial charge in [-0.1, -0.05) is 72.8 Å². The van der Waals surface area contributed by atoms with Crippen LogP contribution in [0.3, 0.4) is 0 Å². The van der Waals surface area contributed by atoms with Crippen LogP contribution in [0.15, 0.2) is 114 Å². The zero-order chi connectivity index (χ0) is 22.9. The molecule has 0 unspecified atom stereocenters. The van der Waals surface area contributed by atoms with Crippen molar-refractivity contribution in [2.45, 2.75) is 0 Å². The Morgan fingerprint density at radius 1 is 0.697 bits per heavy atom. The van der Waals surface area contributed by atoms with Crippen LogP contribution in [0.5, 0.6) is 5.75 Å². The number of ketones is 1. The molecule has 4 rings (SSSR count). The molecule has 162 valence electrons. The van der Waals surface area contributed by atoms with E-state index in [0.717, 1.165) is 16.7 Å². The summed E-state index contributed by atoms with van der Waals surface area (Å²) in [6, 6.07) is 33.5. The van der Waals surface area contributed by atoms with Gasteiger partial charge in [-0.05, 0) is 53.1 Å². The van der Waals surface area contributed by atoms with Crippen molar-refractivity contribution < 1.29 is 14.3 Å². The summed E-state index contributed by atoms with van der Waals surface area (Å²) in [7, 11) is 0. The Morgan fingerprint density at radius 2 is 1.30 bits per heavy atom. The number of hydrogen-bond acceptors (Lipinski definition) is 4. The van der Waals surface area contributed by atoms with E-state index in [1.807, 2.05) is 60.7 Å². The van der Waals surface area contributed by atoms with Crippen LogP contribution in [-0.2, 0) is 0 Å². The van der Waals surface area contributed by atoms with Crippen molar-refractivity contribution in [2.24, 2.45) is 5.10 Å². The van der Waals surface area contributed by atoms with E-state index in [9.17, 15) is 9.59 Å². The van der Waals surface area contributed by atoms with E-state index in [-0.39, 0.29) is 18.3 Å². The van der Waals surface area contributed by atoms with Crippen LogP contribution < -0.4 is 10.2 Å². The Morgan fingerprint density at radius 3 is 1.97 bits per heavy atom. The number of nitrogens with one attached hydrogen (secondary N) is 1. The molecule has 0 atom stereocenters. The SMILES string of the molecule is O=C(COc1ccc(C=NNC(=O)c2ccccc2)cc1)c1ccc(-c2ccccc2)cc1. The van der Waals surface area contributed by atoms with Gasteiger partial charge in [-0.15, -0.1) is 0 Å². The molecule has 5 nitrogen and oxygen atoms in total. The highest BCUT2D eigenvalue weighted by molar-refractivity contribution is 5.97. The predicted molar refractivity (Wildman–Crippen MR) is 130 cm³/mol. The van der Waals surface area contributed by atoms with Crippen LogP contribution in [0.1, 0.15) is 26.3 Å². The van der Waals surface area contributed by atoms with Crippen molar-refractivity contribution in [1.29, 1.82) is 0 Å². The minimum absolute atomic E-state index is 0.0503. The number of carbonyl (C=O) groups is 2. The molecule has 5 heteroatoms. The van der Waals surface area contributed by atoms with Gasteiger partial charge >= 0.3 is 0 Å². The lowest BCUT2D eigenvalue weighted by Gasteiger charge is -2.07. The summed E-state index contributed by atoms with van der Waals surface area (Å²) in [6.45, 7) is -0.0503. The fraction of sp³-hybridized carbons (Fsp3) is 0.0357. The molecule has 0 aliphatic heterocycles. The number of rotatable bonds is 8. The van der Waals surface area contributed by atoms with E-state index in [4.69, 9.17) is 4.74 Å². The van der Waals surface area contributed by atoms with Crippen molar-refractivity contribution in [3.63, 3.8) is 0 Å². The van der Waals surface area contributed by atoms with E-state index in [1.165, 1.54) is 0 Å². The fourth-order valence-corrected chi connectivity index (χ4v) is 3.18. The average Bonchev–Trinajstić information content (AvgIpc) is 2.89. The number of amides is 1. The highest BCUT2D eigenvalue weighted by Crippen LogP contribution is 2.19. The molecule has 1 N–H and O–H groups in total. The Kier molecular flexibility index (Phi) is 7.03. The second-order valence-corrected chi connectivity index (χ2v) is 7.29. The number of carbonyl (C=O) groups excluding carboxylic acids is 2. The highest BCUT2D eigenvalue weighted by atomic mass is 16.5. The van der Waals surface area contributed by atoms with Gasteiger partial charge in [0.1, 0.15) is 5.75 Å². The summed E-state index contributed by atoms with van der Waals surface area (Å²) in [4.78, 5) is 24.4. The summed E-state index contributed by atoms with van der Waals surface area (Å²) in [5, 5.41) is 3.97. The standard InChI is InChI=1S/C28H22N2O3/c31-27(24-15-13-23(14-16-24)22-7-3-1-4-8-22)20-33-26-17-11-21(12-18-26)19-29-30-28(32)25-9-5-2-6-10-25/h1-19H,20H2,(H,30,32). The van der Waals surface area contributed by atoms with Gasteiger partial charge in [0.25, 0.3) is 5.91 Å². The molecular weight excluding hydrogens is 412 g/mol. The van der Waals surface area contributed by atoms with Gasteiger partial charge in [0.05, 0.1) is 6.21 Å². The van der Waals surface area contributed by atoms with Crippen LogP contribution in [0.2, 0.25) is 0 Å². The van der Waals surface area contributed by atoms with Gasteiger partial charge in [-0.2, -0.15) is 5.10 Å². The number of nitrogens with zero attached hydrogens (tertiary/aromatic N) is 1. The first-order chi connectivity index (χ1) is 16.2. The van der Waals surface area contributed by atoms with E-state index in [2.05, 4.69) is 10.5 Å². The predicted octanol–water partition coefficient (Wildman–Crippen LogP) is 5.38. The van der Waals surface area contributed by atoms with Crippen molar-refractivity contribution in [1.82, 2.24) is 5.43 Å². The summed E-state index contributed by atoms with van der Waals surface area (Å²) in [5.74, 6) is 0.209. The number of hydrogen-bond donors (Lipinski definition) is 1. The summed E-state index contributed by atoms with van der Waals surface area (Å²) in [5.41, 5.74) is 6.59. The summed E-state index contributed by atoms with van der Waals surface area (Å²) < 4.78 is 5.63. The first-order valence-corrected chi connectivity index (χ1v) is 10.5. The zero-order valence-electron chi connectivity index (χ0n) is 17.8. The van der Waals surface area contributed by atoms with Gasteiger partial charge in [-0.3, -0.25) is 9.59 Å². The normalized spacial score (nSPS) is 10.7. The van der Waals surface area contributed by atoms with Gasteiger partial charge in [-0.25, -0.2) is 5.43 Å². The second kappa shape index (κ2) is 10.7. The van der Waals surface area contributed by atoms with Gasteiger partial charge in [0.2, 0.25) is 0 Å². The molecule has 0 aromatic heterocycles. The number of ether oxygens (including phenoxy) is 1. The first-order valence-electron chi connectivity index (χ1n) is 10.5. The number of Topliss-reactive ketones (excluding diaryl/α,β-unsaturated/α-hetero) is 1. The molecule has 0 spiro atoms. The Balaban J connectivity index is 1.27. The molecule has 33 heavy (non-hydrogen) atoms. The van der Waals surface area contributed by atoms with E-state index >= 15 is 0 Å². The van der Waals surface area contributed by atoms with Crippen LogP contribution in [0.4, 0.5) is 0 Å². The van der Waals surface area contributed by atoms with Gasteiger partial charge in [0.15, 0.2) is 12.4 Å². The lowest BCUT2D eigenvalue weighted by atomic mass is 10.0. The lowest BCUT2D eigenvalue weighted by molar-refractivity contribution is 0.0920. The summed E-state index contributed by atoms with van der Waals surface area (Å²) in [6.07, 6.45) is 1.55. The Bertz CT molecular complexity index is 1230. The van der Waals surface area contributed by atoms with Crippen LogP contribution in [0, 0.1) is 0 Å². The van der Waals surface area contributed by atoms with E-state index in [0.29, 0.717) is 16.9 Å².